The van der Waals surface area contributed by atoms with Crippen molar-refractivity contribution < 1.29 is 14.3 Å². The average Bonchev–Trinajstić information content (AvgIpc) is 3.27. The number of benzene rings is 1. The molecule has 1 aromatic carbocycles. The Morgan fingerprint density at radius 3 is 2.81 bits per heavy atom. The van der Waals surface area contributed by atoms with Gasteiger partial charge in [-0.15, -0.1) is 11.3 Å². The van der Waals surface area contributed by atoms with E-state index in [0.29, 0.717) is 23.5 Å². The summed E-state index contributed by atoms with van der Waals surface area (Å²) in [6.45, 7) is 4.05. The number of methoxy groups -OCH3 is 1. The molecule has 0 spiro atoms. The van der Waals surface area contributed by atoms with Crippen molar-refractivity contribution in [2.75, 3.05) is 7.11 Å². The molecule has 0 fully saturated rings. The minimum atomic E-state index is -0.198. The van der Waals surface area contributed by atoms with Crippen molar-refractivity contribution in [2.45, 2.75) is 26.9 Å². The Balaban J connectivity index is 1.88. The Labute approximate surface area is 155 Å². The topological polar surface area (TPSA) is 86.1 Å². The van der Waals surface area contributed by atoms with E-state index in [9.17, 15) is 9.59 Å². The molecule has 0 aliphatic rings. The molecule has 26 heavy (non-hydrogen) atoms. The van der Waals surface area contributed by atoms with Crippen LogP contribution in [0.5, 0.6) is 5.75 Å². The van der Waals surface area contributed by atoms with Crippen LogP contribution in [0.1, 0.15) is 29.3 Å². The third-order valence-electron chi connectivity index (χ3n) is 3.93. The standard InChI is InChI=1S/C18H20N4O3S/c1-11(2)18(24)17-13-5-4-12(25-3)8-14(13)22(21-17)10-15(23)20-9-16-19-6-7-26-16/h4-8,11H,9-10H2,1-3H3,(H,20,23). The number of carbonyl (C=O) groups excluding carboxylic acids is 2. The molecule has 136 valence electrons. The number of ketones is 1. The van der Waals surface area contributed by atoms with E-state index in [1.807, 2.05) is 19.2 Å². The van der Waals surface area contributed by atoms with E-state index in [1.54, 1.807) is 36.2 Å². The van der Waals surface area contributed by atoms with Gasteiger partial charge in [0.1, 0.15) is 23.0 Å². The van der Waals surface area contributed by atoms with E-state index in [2.05, 4.69) is 15.4 Å². The fourth-order valence-electron chi connectivity index (χ4n) is 2.56. The number of nitrogens with zero attached hydrogens (tertiary/aromatic N) is 3. The fourth-order valence-corrected chi connectivity index (χ4v) is 3.12. The van der Waals surface area contributed by atoms with Crippen LogP contribution in [-0.4, -0.2) is 33.6 Å². The van der Waals surface area contributed by atoms with Crippen molar-refractivity contribution in [1.82, 2.24) is 20.1 Å². The van der Waals surface area contributed by atoms with Crippen LogP contribution in [0.15, 0.2) is 29.8 Å². The maximum atomic E-state index is 12.5. The zero-order valence-electron chi connectivity index (χ0n) is 14.9. The summed E-state index contributed by atoms with van der Waals surface area (Å²) in [6.07, 6.45) is 1.70. The number of amides is 1. The summed E-state index contributed by atoms with van der Waals surface area (Å²) in [5, 5.41) is 10.6. The molecule has 0 saturated heterocycles. The van der Waals surface area contributed by atoms with Crippen molar-refractivity contribution in [1.29, 1.82) is 0 Å². The molecule has 0 aliphatic heterocycles. The van der Waals surface area contributed by atoms with Crippen molar-refractivity contribution in [3.63, 3.8) is 0 Å². The van der Waals surface area contributed by atoms with Crippen LogP contribution in [-0.2, 0) is 17.9 Å². The number of aromatic nitrogens is 3. The fraction of sp³-hybridized carbons (Fsp3) is 0.333. The first-order valence-electron chi connectivity index (χ1n) is 8.23. The van der Waals surface area contributed by atoms with Gasteiger partial charge in [0, 0.05) is 28.9 Å². The minimum absolute atomic E-state index is 0.0143. The number of rotatable bonds is 7. The Bertz CT molecular complexity index is 931. The zero-order chi connectivity index (χ0) is 18.7. The second kappa shape index (κ2) is 7.65. The van der Waals surface area contributed by atoms with Gasteiger partial charge in [0.05, 0.1) is 19.2 Å². The number of fused-ring (bicyclic) bond motifs is 1. The van der Waals surface area contributed by atoms with E-state index < -0.39 is 0 Å². The Morgan fingerprint density at radius 2 is 2.15 bits per heavy atom. The van der Waals surface area contributed by atoms with Crippen LogP contribution in [0.2, 0.25) is 0 Å². The number of ether oxygens (including phenoxy) is 1. The molecule has 0 aliphatic carbocycles. The number of hydrogen-bond acceptors (Lipinski definition) is 6. The molecule has 0 unspecified atom stereocenters. The van der Waals surface area contributed by atoms with Gasteiger partial charge >= 0.3 is 0 Å². The summed E-state index contributed by atoms with van der Waals surface area (Å²) >= 11 is 1.48. The molecule has 1 amide bonds. The third-order valence-corrected chi connectivity index (χ3v) is 4.71. The van der Waals surface area contributed by atoms with Gasteiger partial charge in [-0.25, -0.2) is 4.98 Å². The van der Waals surface area contributed by atoms with Gasteiger partial charge in [-0.3, -0.25) is 14.3 Å². The van der Waals surface area contributed by atoms with Crippen LogP contribution in [0.25, 0.3) is 10.9 Å². The van der Waals surface area contributed by atoms with Gasteiger partial charge in [-0.2, -0.15) is 5.10 Å². The summed E-state index contributed by atoms with van der Waals surface area (Å²) in [5.74, 6) is 0.214. The molecule has 1 N–H and O–H groups in total. The first-order chi connectivity index (χ1) is 12.5. The first-order valence-corrected chi connectivity index (χ1v) is 9.11. The van der Waals surface area contributed by atoms with Gasteiger partial charge in [-0.05, 0) is 12.1 Å². The Kier molecular flexibility index (Phi) is 5.32. The highest BCUT2D eigenvalue weighted by Crippen LogP contribution is 2.25. The summed E-state index contributed by atoms with van der Waals surface area (Å²) in [7, 11) is 1.57. The second-order valence-corrected chi connectivity index (χ2v) is 7.09. The lowest BCUT2D eigenvalue weighted by Gasteiger charge is -2.05. The molecule has 0 atom stereocenters. The van der Waals surface area contributed by atoms with E-state index >= 15 is 0 Å². The second-order valence-electron chi connectivity index (χ2n) is 6.11. The molecule has 0 radical (unpaired) electrons. The van der Waals surface area contributed by atoms with Crippen LogP contribution in [0.3, 0.4) is 0 Å². The molecule has 0 saturated carbocycles. The smallest absolute Gasteiger partial charge is 0.242 e. The molecule has 3 aromatic rings. The van der Waals surface area contributed by atoms with Crippen molar-refractivity contribution in [3.05, 3.63) is 40.5 Å². The van der Waals surface area contributed by atoms with Crippen LogP contribution < -0.4 is 10.1 Å². The summed E-state index contributed by atoms with van der Waals surface area (Å²) < 4.78 is 6.81. The largest absolute Gasteiger partial charge is 0.497 e. The lowest BCUT2D eigenvalue weighted by Crippen LogP contribution is -2.27. The lowest BCUT2D eigenvalue weighted by molar-refractivity contribution is -0.121. The number of hydrogen-bond donors (Lipinski definition) is 1. The Morgan fingerprint density at radius 1 is 1.35 bits per heavy atom. The maximum absolute atomic E-state index is 12.5. The number of Topliss-reactive ketones (excluding diaryl/α,β-unsaturated/α-hetero) is 1. The lowest BCUT2D eigenvalue weighted by atomic mass is 10.0. The van der Waals surface area contributed by atoms with Gasteiger partial charge < -0.3 is 10.1 Å². The van der Waals surface area contributed by atoms with Gasteiger partial charge in [0.2, 0.25) is 5.91 Å². The molecule has 3 rings (SSSR count). The highest BCUT2D eigenvalue weighted by molar-refractivity contribution is 7.09. The molecular formula is C18H20N4O3S. The van der Waals surface area contributed by atoms with Gasteiger partial charge in [0.15, 0.2) is 5.78 Å². The number of nitrogens with one attached hydrogen (secondary N) is 1. The molecule has 2 aromatic heterocycles. The summed E-state index contributed by atoms with van der Waals surface area (Å²) in [4.78, 5) is 28.9. The van der Waals surface area contributed by atoms with E-state index in [1.165, 1.54) is 11.3 Å². The summed E-state index contributed by atoms with van der Waals surface area (Å²) in [5.41, 5.74) is 1.07. The molecule has 0 bridgehead atoms. The third kappa shape index (κ3) is 3.75. The monoisotopic (exact) mass is 372 g/mol. The number of thiazole rings is 1. The van der Waals surface area contributed by atoms with Crippen LogP contribution >= 0.6 is 11.3 Å². The van der Waals surface area contributed by atoms with Gasteiger partial charge in [-0.1, -0.05) is 13.8 Å². The van der Waals surface area contributed by atoms with E-state index in [0.717, 1.165) is 10.4 Å². The maximum Gasteiger partial charge on any atom is 0.242 e. The van der Waals surface area contributed by atoms with Crippen molar-refractivity contribution >= 4 is 33.9 Å². The van der Waals surface area contributed by atoms with Crippen molar-refractivity contribution in [2.24, 2.45) is 5.92 Å². The molecule has 2 heterocycles. The molecular weight excluding hydrogens is 352 g/mol. The average molecular weight is 372 g/mol. The first kappa shape index (κ1) is 18.1. The molecule has 7 nitrogen and oxygen atoms in total. The normalized spacial score (nSPS) is 11.1. The molecule has 8 heteroatoms. The van der Waals surface area contributed by atoms with Crippen molar-refractivity contribution in [3.8, 4) is 5.75 Å². The zero-order valence-corrected chi connectivity index (χ0v) is 15.7. The van der Waals surface area contributed by atoms with Gasteiger partial charge in [0.25, 0.3) is 0 Å². The predicted molar refractivity (Wildman–Crippen MR) is 99.4 cm³/mol. The summed E-state index contributed by atoms with van der Waals surface area (Å²) in [6, 6.07) is 5.38. The minimum Gasteiger partial charge on any atom is -0.497 e. The predicted octanol–water partition coefficient (Wildman–Crippen LogP) is 2.66. The van der Waals surface area contributed by atoms with E-state index in [4.69, 9.17) is 4.74 Å². The SMILES string of the molecule is COc1ccc2c(C(=O)C(C)C)nn(CC(=O)NCc3nccs3)c2c1. The van der Waals surface area contributed by atoms with Crippen LogP contribution in [0.4, 0.5) is 0 Å². The van der Waals surface area contributed by atoms with Crippen LogP contribution in [0, 0.1) is 5.92 Å². The highest BCUT2D eigenvalue weighted by Gasteiger charge is 2.21. The quantitative estimate of drug-likeness (QED) is 0.645. The Hall–Kier alpha value is -2.74. The van der Waals surface area contributed by atoms with E-state index in [-0.39, 0.29) is 24.2 Å². The number of carbonyl (C=O) groups is 2. The highest BCUT2D eigenvalue weighted by atomic mass is 32.1.